The van der Waals surface area contributed by atoms with E-state index in [1.165, 1.54) is 18.4 Å². The van der Waals surface area contributed by atoms with Gasteiger partial charge in [0.2, 0.25) is 5.91 Å². The van der Waals surface area contributed by atoms with Crippen LogP contribution in [0, 0.1) is 0 Å². The second kappa shape index (κ2) is 7.71. The predicted molar refractivity (Wildman–Crippen MR) is 90.1 cm³/mol. The second-order valence-corrected chi connectivity index (χ2v) is 6.62. The lowest BCUT2D eigenvalue weighted by atomic mass is 9.91. The number of rotatable bonds is 6. The summed E-state index contributed by atoms with van der Waals surface area (Å²) in [7, 11) is 0. The monoisotopic (exact) mass is 317 g/mol. The summed E-state index contributed by atoms with van der Waals surface area (Å²) in [6.07, 6.45) is 7.60. The quantitative estimate of drug-likeness (QED) is 0.868. The minimum atomic E-state index is 0.159. The summed E-state index contributed by atoms with van der Waals surface area (Å²) in [4.78, 5) is 11.4. The lowest BCUT2D eigenvalue weighted by molar-refractivity contribution is -0.122. The largest absolute Gasteiger partial charge is 0.490 e. The number of carbonyl (C=O) groups excluding carboxylic acids is 1. The molecular weight excluding hydrogens is 290 g/mol. The van der Waals surface area contributed by atoms with Gasteiger partial charge in [-0.05, 0) is 56.2 Å². The van der Waals surface area contributed by atoms with E-state index in [0.717, 1.165) is 43.7 Å². The number of piperidine rings is 1. The first kappa shape index (κ1) is 16.2. The van der Waals surface area contributed by atoms with Crippen molar-refractivity contribution in [3.8, 4) is 11.5 Å². The molecule has 2 fully saturated rings. The number of carbonyl (C=O) groups is 1. The third kappa shape index (κ3) is 4.18. The Morgan fingerprint density at radius 1 is 1.17 bits per heavy atom. The van der Waals surface area contributed by atoms with Gasteiger partial charge in [-0.3, -0.25) is 4.79 Å². The molecule has 1 saturated heterocycles. The van der Waals surface area contributed by atoms with Crippen molar-refractivity contribution in [1.82, 2.24) is 5.32 Å². The van der Waals surface area contributed by atoms with Crippen molar-refractivity contribution in [2.45, 2.75) is 63.9 Å². The summed E-state index contributed by atoms with van der Waals surface area (Å²) in [5.74, 6) is 2.26. The van der Waals surface area contributed by atoms with Crippen molar-refractivity contribution < 1.29 is 14.3 Å². The summed E-state index contributed by atoms with van der Waals surface area (Å²) in [5.41, 5.74) is 1.24. The Kier molecular flexibility index (Phi) is 5.42. The molecule has 0 spiro atoms. The van der Waals surface area contributed by atoms with Crippen LogP contribution >= 0.6 is 0 Å². The lowest BCUT2D eigenvalue weighted by Crippen LogP contribution is -2.33. The van der Waals surface area contributed by atoms with Crippen LogP contribution in [-0.4, -0.2) is 25.2 Å². The molecule has 1 N–H and O–H groups in total. The number of nitrogens with one attached hydrogen (secondary N) is 1. The molecule has 1 saturated carbocycles. The van der Waals surface area contributed by atoms with Gasteiger partial charge in [-0.15, -0.1) is 0 Å². The van der Waals surface area contributed by atoms with Gasteiger partial charge in [0.15, 0.2) is 11.5 Å². The Balaban J connectivity index is 1.76. The number of hydrogen-bond donors (Lipinski definition) is 1. The van der Waals surface area contributed by atoms with E-state index in [-0.39, 0.29) is 5.91 Å². The third-order valence-electron chi connectivity index (χ3n) is 4.76. The average molecular weight is 317 g/mol. The Bertz CT molecular complexity index is 527. The molecule has 1 heterocycles. The fourth-order valence-corrected chi connectivity index (χ4v) is 3.41. The number of hydrogen-bond acceptors (Lipinski definition) is 3. The van der Waals surface area contributed by atoms with Gasteiger partial charge in [-0.1, -0.05) is 13.0 Å². The topological polar surface area (TPSA) is 47.6 Å². The molecule has 1 unspecified atom stereocenters. The maximum Gasteiger partial charge on any atom is 0.220 e. The van der Waals surface area contributed by atoms with Crippen LogP contribution in [0.1, 0.15) is 63.4 Å². The van der Waals surface area contributed by atoms with E-state index in [1.54, 1.807) is 0 Å². The molecule has 0 aromatic heterocycles. The molecule has 4 nitrogen and oxygen atoms in total. The van der Waals surface area contributed by atoms with Gasteiger partial charge < -0.3 is 14.8 Å². The first-order chi connectivity index (χ1) is 11.3. The van der Waals surface area contributed by atoms with Gasteiger partial charge in [-0.2, -0.15) is 0 Å². The number of ether oxygens (including phenoxy) is 2. The summed E-state index contributed by atoms with van der Waals surface area (Å²) in [6, 6.07) is 6.28. The smallest absolute Gasteiger partial charge is 0.220 e. The standard InChI is InChI=1S/C19H27NO3/c1-2-11-22-17-9-7-14(15-8-10-19(21)20-13-15)12-18(17)23-16-5-3-4-6-16/h7,9,12,15-16H,2-6,8,10-11,13H2,1H3,(H,20,21). The van der Waals surface area contributed by atoms with E-state index in [4.69, 9.17) is 9.47 Å². The average Bonchev–Trinajstić information content (AvgIpc) is 3.07. The predicted octanol–water partition coefficient (Wildman–Crippen LogP) is 3.79. The van der Waals surface area contributed by atoms with Crippen LogP contribution < -0.4 is 14.8 Å². The minimum Gasteiger partial charge on any atom is -0.490 e. The summed E-state index contributed by atoms with van der Waals surface area (Å²) >= 11 is 0. The summed E-state index contributed by atoms with van der Waals surface area (Å²) < 4.78 is 12.1. The van der Waals surface area contributed by atoms with Gasteiger partial charge >= 0.3 is 0 Å². The van der Waals surface area contributed by atoms with Crippen molar-refractivity contribution >= 4 is 5.91 Å². The van der Waals surface area contributed by atoms with E-state index >= 15 is 0 Å². The zero-order valence-corrected chi connectivity index (χ0v) is 14.0. The highest BCUT2D eigenvalue weighted by molar-refractivity contribution is 5.76. The molecule has 3 rings (SSSR count). The Morgan fingerprint density at radius 2 is 2.00 bits per heavy atom. The molecule has 1 amide bonds. The molecule has 126 valence electrons. The normalized spacial score (nSPS) is 22.0. The fourth-order valence-electron chi connectivity index (χ4n) is 3.41. The summed E-state index contributed by atoms with van der Waals surface area (Å²) in [5, 5.41) is 2.96. The second-order valence-electron chi connectivity index (χ2n) is 6.62. The van der Waals surface area contributed by atoms with Crippen molar-refractivity contribution in [2.24, 2.45) is 0 Å². The van der Waals surface area contributed by atoms with E-state index in [1.807, 2.05) is 6.07 Å². The molecule has 1 aliphatic heterocycles. The Hall–Kier alpha value is -1.71. The fraction of sp³-hybridized carbons (Fsp3) is 0.632. The minimum absolute atomic E-state index is 0.159. The van der Waals surface area contributed by atoms with Gasteiger partial charge in [0.25, 0.3) is 0 Å². The highest BCUT2D eigenvalue weighted by Gasteiger charge is 2.23. The van der Waals surface area contributed by atoms with E-state index in [2.05, 4.69) is 24.4 Å². The lowest BCUT2D eigenvalue weighted by Gasteiger charge is -2.24. The Labute approximate surface area is 138 Å². The van der Waals surface area contributed by atoms with Crippen LogP contribution in [0.4, 0.5) is 0 Å². The Morgan fingerprint density at radius 3 is 2.70 bits per heavy atom. The van der Waals surface area contributed by atoms with Crippen LogP contribution in [0.2, 0.25) is 0 Å². The molecule has 1 aliphatic carbocycles. The van der Waals surface area contributed by atoms with Gasteiger partial charge in [-0.25, -0.2) is 0 Å². The van der Waals surface area contributed by atoms with E-state index < -0.39 is 0 Å². The number of amides is 1. The molecule has 1 aromatic carbocycles. The highest BCUT2D eigenvalue weighted by Crippen LogP contribution is 2.36. The SMILES string of the molecule is CCCOc1ccc(C2CCC(=O)NC2)cc1OC1CCCC1. The zero-order valence-electron chi connectivity index (χ0n) is 14.0. The highest BCUT2D eigenvalue weighted by atomic mass is 16.5. The van der Waals surface area contributed by atoms with Gasteiger partial charge in [0.05, 0.1) is 12.7 Å². The van der Waals surface area contributed by atoms with Crippen LogP contribution in [0.15, 0.2) is 18.2 Å². The van der Waals surface area contributed by atoms with Crippen molar-refractivity contribution in [3.05, 3.63) is 23.8 Å². The molecule has 1 aromatic rings. The summed E-state index contributed by atoms with van der Waals surface area (Å²) in [6.45, 7) is 3.54. The molecule has 2 aliphatic rings. The zero-order chi connectivity index (χ0) is 16.1. The molecule has 4 heteroatoms. The van der Waals surface area contributed by atoms with Crippen molar-refractivity contribution in [3.63, 3.8) is 0 Å². The third-order valence-corrected chi connectivity index (χ3v) is 4.76. The van der Waals surface area contributed by atoms with Crippen molar-refractivity contribution in [2.75, 3.05) is 13.2 Å². The van der Waals surface area contributed by atoms with Crippen LogP contribution in [0.25, 0.3) is 0 Å². The number of benzene rings is 1. The van der Waals surface area contributed by atoms with Crippen LogP contribution in [0.5, 0.6) is 11.5 Å². The van der Waals surface area contributed by atoms with E-state index in [9.17, 15) is 4.79 Å². The first-order valence-corrected chi connectivity index (χ1v) is 8.96. The molecule has 0 radical (unpaired) electrons. The van der Waals surface area contributed by atoms with Gasteiger partial charge in [0.1, 0.15) is 0 Å². The molecule has 23 heavy (non-hydrogen) atoms. The van der Waals surface area contributed by atoms with Crippen LogP contribution in [-0.2, 0) is 4.79 Å². The first-order valence-electron chi connectivity index (χ1n) is 8.96. The van der Waals surface area contributed by atoms with Crippen LogP contribution in [0.3, 0.4) is 0 Å². The maximum atomic E-state index is 11.4. The van der Waals surface area contributed by atoms with Crippen molar-refractivity contribution in [1.29, 1.82) is 0 Å². The molecular formula is C19H27NO3. The van der Waals surface area contributed by atoms with Gasteiger partial charge in [0, 0.05) is 18.9 Å². The molecule has 0 bridgehead atoms. The van der Waals surface area contributed by atoms with E-state index in [0.29, 0.717) is 25.0 Å². The molecule has 1 atom stereocenters. The maximum absolute atomic E-state index is 11.4.